The van der Waals surface area contributed by atoms with Crippen LogP contribution in [0.4, 0.5) is 4.39 Å². The second-order valence-electron chi connectivity index (χ2n) is 9.07. The molecule has 5 rings (SSSR count). The van der Waals surface area contributed by atoms with Crippen LogP contribution in [0.5, 0.6) is 0 Å². The lowest BCUT2D eigenvalue weighted by atomic mass is 10.0. The minimum absolute atomic E-state index is 0.0190. The number of halogens is 1. The molecule has 4 aromatic rings. The number of fused-ring (bicyclic) bond motifs is 1. The van der Waals surface area contributed by atoms with Gasteiger partial charge < -0.3 is 5.32 Å². The third-order valence-corrected chi connectivity index (χ3v) is 7.63. The average Bonchev–Trinajstić information content (AvgIpc) is 3.37. The third kappa shape index (κ3) is 3.92. The SMILES string of the molecule is Cc1cc(-n2nc3c(c2-n2ccn(-c4ccc(S(C)(=N)=O)cc4)c2=O)[C@H](C)NCC3)cc(C)c1F. The number of hydrogen-bond donors (Lipinski definition) is 2. The molecule has 0 radical (unpaired) electrons. The highest BCUT2D eigenvalue weighted by atomic mass is 32.2. The lowest BCUT2D eigenvalue weighted by Crippen LogP contribution is -2.30. The Bertz CT molecular complexity index is 1590. The first-order chi connectivity index (χ1) is 16.6. The van der Waals surface area contributed by atoms with E-state index >= 15 is 0 Å². The van der Waals surface area contributed by atoms with Crippen LogP contribution >= 0.6 is 0 Å². The summed E-state index contributed by atoms with van der Waals surface area (Å²) in [4.78, 5) is 14.0. The maximum atomic E-state index is 14.4. The van der Waals surface area contributed by atoms with Gasteiger partial charge in [-0.15, -0.1) is 0 Å². The van der Waals surface area contributed by atoms with Crippen molar-refractivity contribution < 1.29 is 8.60 Å². The summed E-state index contributed by atoms with van der Waals surface area (Å²) in [5, 5.41) is 8.30. The Balaban J connectivity index is 1.70. The molecule has 2 N–H and O–H groups in total. The maximum absolute atomic E-state index is 14.4. The Kier molecular flexibility index (Phi) is 5.52. The van der Waals surface area contributed by atoms with E-state index in [0.29, 0.717) is 33.2 Å². The van der Waals surface area contributed by atoms with Crippen molar-refractivity contribution >= 4 is 9.73 Å². The van der Waals surface area contributed by atoms with Gasteiger partial charge in [-0.05, 0) is 68.3 Å². The summed E-state index contributed by atoms with van der Waals surface area (Å²) in [7, 11) is -2.84. The summed E-state index contributed by atoms with van der Waals surface area (Å²) in [6, 6.07) is 10.0. The molecule has 0 fully saturated rings. The fraction of sp³-hybridized carbons (Fsp3) is 0.280. The van der Waals surface area contributed by atoms with Crippen molar-refractivity contribution in [2.24, 2.45) is 0 Å². The summed E-state index contributed by atoms with van der Waals surface area (Å²) in [5.74, 6) is 0.367. The molecule has 0 amide bonds. The first-order valence-electron chi connectivity index (χ1n) is 11.3. The van der Waals surface area contributed by atoms with E-state index in [1.807, 2.05) is 6.92 Å². The molecule has 0 bridgehead atoms. The minimum atomic E-state index is -2.84. The first kappa shape index (κ1) is 23.3. The quantitative estimate of drug-likeness (QED) is 0.451. The smallest absolute Gasteiger partial charge is 0.310 e. The standard InChI is InChI=1S/C25H27FN6O2S/c1-15-13-19(14-16(2)23(15)26)32-24(22-17(3)28-10-9-21(22)29-32)31-12-11-30(25(31)33)18-5-7-20(8-6-18)35(4,27)34/h5-8,11-14,17,27-28H,9-10H2,1-4H3/t17-,35?/m0/s1. The molecule has 0 aliphatic carbocycles. The predicted molar refractivity (Wildman–Crippen MR) is 133 cm³/mol. The van der Waals surface area contributed by atoms with Gasteiger partial charge in [-0.25, -0.2) is 22.9 Å². The second kappa shape index (κ2) is 8.31. The van der Waals surface area contributed by atoms with E-state index in [9.17, 15) is 13.4 Å². The summed E-state index contributed by atoms with van der Waals surface area (Å²) in [6.07, 6.45) is 5.46. The number of imidazole rings is 1. The van der Waals surface area contributed by atoms with Crippen LogP contribution in [0, 0.1) is 24.4 Å². The van der Waals surface area contributed by atoms with Gasteiger partial charge in [0.15, 0.2) is 0 Å². The molecule has 1 unspecified atom stereocenters. The van der Waals surface area contributed by atoms with Gasteiger partial charge in [0.05, 0.1) is 26.8 Å². The predicted octanol–water partition coefficient (Wildman–Crippen LogP) is 3.81. The zero-order valence-electron chi connectivity index (χ0n) is 20.0. The van der Waals surface area contributed by atoms with Crippen molar-refractivity contribution in [1.29, 1.82) is 4.78 Å². The van der Waals surface area contributed by atoms with Crippen LogP contribution in [0.3, 0.4) is 0 Å². The van der Waals surface area contributed by atoms with Crippen molar-refractivity contribution in [3.8, 4) is 17.2 Å². The van der Waals surface area contributed by atoms with Crippen molar-refractivity contribution in [3.05, 3.63) is 87.5 Å². The molecule has 0 spiro atoms. The van der Waals surface area contributed by atoms with E-state index < -0.39 is 9.73 Å². The summed E-state index contributed by atoms with van der Waals surface area (Å²) >= 11 is 0. The molecule has 35 heavy (non-hydrogen) atoms. The van der Waals surface area contributed by atoms with Gasteiger partial charge in [0.1, 0.15) is 11.6 Å². The second-order valence-corrected chi connectivity index (χ2v) is 11.2. The molecule has 1 aliphatic heterocycles. The molecule has 10 heteroatoms. The number of nitrogens with one attached hydrogen (secondary N) is 2. The minimum Gasteiger partial charge on any atom is -0.310 e. The number of aryl methyl sites for hydroxylation is 2. The Morgan fingerprint density at radius 2 is 1.71 bits per heavy atom. The van der Waals surface area contributed by atoms with E-state index in [2.05, 4.69) is 5.32 Å². The van der Waals surface area contributed by atoms with E-state index in [0.717, 1.165) is 24.2 Å². The van der Waals surface area contributed by atoms with Crippen LogP contribution in [-0.4, -0.2) is 35.9 Å². The zero-order chi connectivity index (χ0) is 25.1. The van der Waals surface area contributed by atoms with Gasteiger partial charge in [-0.2, -0.15) is 5.10 Å². The van der Waals surface area contributed by atoms with E-state index in [4.69, 9.17) is 9.88 Å². The lowest BCUT2D eigenvalue weighted by Gasteiger charge is -2.21. The van der Waals surface area contributed by atoms with Crippen molar-refractivity contribution in [3.63, 3.8) is 0 Å². The highest BCUT2D eigenvalue weighted by molar-refractivity contribution is 7.91. The largest absolute Gasteiger partial charge is 0.338 e. The van der Waals surface area contributed by atoms with Crippen molar-refractivity contribution in [2.75, 3.05) is 12.8 Å². The molecule has 8 nitrogen and oxygen atoms in total. The fourth-order valence-corrected chi connectivity index (χ4v) is 5.32. The monoisotopic (exact) mass is 494 g/mol. The Labute approximate surface area is 203 Å². The number of rotatable bonds is 4. The zero-order valence-corrected chi connectivity index (χ0v) is 20.8. The molecule has 1 aliphatic rings. The van der Waals surface area contributed by atoms with Crippen LogP contribution in [0.15, 0.2) is 58.5 Å². The highest BCUT2D eigenvalue weighted by Crippen LogP contribution is 2.31. The molecule has 2 atom stereocenters. The molecule has 3 heterocycles. The van der Waals surface area contributed by atoms with Gasteiger partial charge >= 0.3 is 5.69 Å². The molecule has 2 aromatic heterocycles. The Hall–Kier alpha value is -3.50. The van der Waals surface area contributed by atoms with Gasteiger partial charge in [-0.3, -0.25) is 9.13 Å². The normalized spacial score (nSPS) is 17.2. The Morgan fingerprint density at radius 3 is 2.34 bits per heavy atom. The van der Waals surface area contributed by atoms with Crippen LogP contribution in [-0.2, 0) is 16.1 Å². The molecule has 0 saturated heterocycles. The summed E-state index contributed by atoms with van der Waals surface area (Å²) < 4.78 is 38.9. The number of hydrogen-bond acceptors (Lipinski definition) is 5. The number of aromatic nitrogens is 4. The fourth-order valence-electron chi connectivity index (χ4n) is 4.66. The molecular formula is C25H27FN6O2S. The van der Waals surface area contributed by atoms with Gasteiger partial charge in [0.2, 0.25) is 0 Å². The maximum Gasteiger partial charge on any atom is 0.338 e. The average molecular weight is 495 g/mol. The van der Waals surface area contributed by atoms with Crippen molar-refractivity contribution in [2.45, 2.75) is 38.1 Å². The lowest BCUT2D eigenvalue weighted by molar-refractivity contribution is 0.536. The molecular weight excluding hydrogens is 467 g/mol. The van der Waals surface area contributed by atoms with Gasteiger partial charge in [-0.1, -0.05) is 0 Å². The molecule has 182 valence electrons. The summed E-state index contributed by atoms with van der Waals surface area (Å²) in [5.41, 5.74) is 3.86. The number of benzene rings is 2. The topological polar surface area (TPSA) is 97.7 Å². The van der Waals surface area contributed by atoms with E-state index in [1.165, 1.54) is 10.8 Å². The van der Waals surface area contributed by atoms with Crippen LogP contribution < -0.4 is 11.0 Å². The molecule has 0 saturated carbocycles. The molecule has 2 aromatic carbocycles. The van der Waals surface area contributed by atoms with E-state index in [-0.39, 0.29) is 17.5 Å². The van der Waals surface area contributed by atoms with Crippen LogP contribution in [0.1, 0.15) is 35.3 Å². The van der Waals surface area contributed by atoms with Crippen LogP contribution in [0.2, 0.25) is 0 Å². The first-order valence-corrected chi connectivity index (χ1v) is 13.3. The van der Waals surface area contributed by atoms with Crippen LogP contribution in [0.25, 0.3) is 17.2 Å². The van der Waals surface area contributed by atoms with Gasteiger partial charge in [0.25, 0.3) is 0 Å². The van der Waals surface area contributed by atoms with Crippen molar-refractivity contribution in [1.82, 2.24) is 24.2 Å². The number of nitrogens with zero attached hydrogens (tertiary/aromatic N) is 4. The summed E-state index contributed by atoms with van der Waals surface area (Å²) in [6.45, 7) is 6.26. The van der Waals surface area contributed by atoms with E-state index in [1.54, 1.807) is 71.9 Å². The van der Waals surface area contributed by atoms with Gasteiger partial charge in [0, 0.05) is 48.1 Å². The third-order valence-electron chi connectivity index (χ3n) is 6.45. The highest BCUT2D eigenvalue weighted by Gasteiger charge is 2.29. The Morgan fingerprint density at radius 1 is 1.09 bits per heavy atom.